The second-order valence-corrected chi connectivity index (χ2v) is 3.87. The Morgan fingerprint density at radius 1 is 1.21 bits per heavy atom. The number of aromatic hydroxyl groups is 1. The molecule has 1 fully saturated rings. The molecule has 0 heterocycles. The van der Waals surface area contributed by atoms with E-state index in [1.165, 1.54) is 12.1 Å². The molecule has 0 unspecified atom stereocenters. The van der Waals surface area contributed by atoms with Gasteiger partial charge in [-0.05, 0) is 18.9 Å². The van der Waals surface area contributed by atoms with Gasteiger partial charge in [-0.15, -0.1) is 0 Å². The van der Waals surface area contributed by atoms with Gasteiger partial charge in [0, 0.05) is 5.56 Å². The number of halogens is 1. The Hall–Kier alpha value is -1.09. The number of benzene rings is 1. The molecule has 2 rings (SSSR count). The quantitative estimate of drug-likeness (QED) is 0.723. The fraction of sp³-hybridized carbons (Fsp3) is 0.455. The lowest BCUT2D eigenvalue weighted by atomic mass is 9.91. The predicted molar refractivity (Wildman–Crippen MR) is 50.4 cm³/mol. The second kappa shape index (κ2) is 3.24. The van der Waals surface area contributed by atoms with Gasteiger partial charge in [-0.2, -0.15) is 0 Å². The lowest BCUT2D eigenvalue weighted by Crippen LogP contribution is -2.21. The Kier molecular flexibility index (Phi) is 2.19. The number of para-hydroxylation sites is 1. The lowest BCUT2D eigenvalue weighted by Gasteiger charge is -2.23. The highest BCUT2D eigenvalue weighted by Crippen LogP contribution is 2.42. The van der Waals surface area contributed by atoms with E-state index < -0.39 is 17.2 Å². The molecule has 1 aliphatic carbocycles. The third-order valence-corrected chi connectivity index (χ3v) is 2.92. The Morgan fingerprint density at radius 2 is 1.86 bits per heavy atom. The molecule has 0 aliphatic heterocycles. The van der Waals surface area contributed by atoms with E-state index in [9.17, 15) is 14.6 Å². The third-order valence-electron chi connectivity index (χ3n) is 2.92. The van der Waals surface area contributed by atoms with Crippen LogP contribution in [0.3, 0.4) is 0 Å². The van der Waals surface area contributed by atoms with E-state index in [4.69, 9.17) is 0 Å². The van der Waals surface area contributed by atoms with Crippen LogP contribution in [0.2, 0.25) is 0 Å². The van der Waals surface area contributed by atoms with Crippen molar-refractivity contribution >= 4 is 0 Å². The summed E-state index contributed by atoms with van der Waals surface area (Å²) in [5.41, 5.74) is -0.693. The summed E-state index contributed by atoms with van der Waals surface area (Å²) in [5.74, 6) is -1.07. The standard InChI is InChI=1S/C11H13FO2/c12-9-5-3-4-8(10(9)13)11(14)6-1-2-7-11/h3-5,13-14H,1-2,6-7H2. The molecule has 0 radical (unpaired) electrons. The van der Waals surface area contributed by atoms with Crippen molar-refractivity contribution in [3.63, 3.8) is 0 Å². The van der Waals surface area contributed by atoms with Crippen LogP contribution in [0.5, 0.6) is 5.75 Å². The molecule has 14 heavy (non-hydrogen) atoms. The van der Waals surface area contributed by atoms with Gasteiger partial charge in [0.05, 0.1) is 5.60 Å². The van der Waals surface area contributed by atoms with Crippen LogP contribution in [-0.4, -0.2) is 10.2 Å². The molecule has 0 aromatic heterocycles. The number of phenols is 1. The van der Waals surface area contributed by atoms with Crippen molar-refractivity contribution in [1.29, 1.82) is 0 Å². The fourth-order valence-corrected chi connectivity index (χ4v) is 2.12. The van der Waals surface area contributed by atoms with Gasteiger partial charge in [0.1, 0.15) is 0 Å². The Labute approximate surface area is 82.0 Å². The molecule has 2 nitrogen and oxygen atoms in total. The fourth-order valence-electron chi connectivity index (χ4n) is 2.12. The van der Waals surface area contributed by atoms with E-state index in [1.807, 2.05) is 0 Å². The minimum Gasteiger partial charge on any atom is -0.505 e. The normalized spacial score (nSPS) is 19.9. The van der Waals surface area contributed by atoms with E-state index in [1.54, 1.807) is 6.07 Å². The van der Waals surface area contributed by atoms with E-state index in [-0.39, 0.29) is 0 Å². The number of aliphatic hydroxyl groups is 1. The number of phenolic OH excluding ortho intramolecular Hbond substituents is 1. The summed E-state index contributed by atoms with van der Waals surface area (Å²) in [5, 5.41) is 19.6. The molecule has 2 N–H and O–H groups in total. The van der Waals surface area contributed by atoms with Gasteiger partial charge in [-0.3, -0.25) is 0 Å². The minimum absolute atomic E-state index is 0.329. The van der Waals surface area contributed by atoms with Crippen LogP contribution in [-0.2, 0) is 5.60 Å². The number of rotatable bonds is 1. The average Bonchev–Trinajstić information content (AvgIpc) is 2.58. The average molecular weight is 196 g/mol. The van der Waals surface area contributed by atoms with Crippen molar-refractivity contribution in [3.05, 3.63) is 29.6 Å². The lowest BCUT2D eigenvalue weighted by molar-refractivity contribution is 0.0415. The molecule has 1 aromatic rings. The van der Waals surface area contributed by atoms with Crippen molar-refractivity contribution in [2.45, 2.75) is 31.3 Å². The van der Waals surface area contributed by atoms with Gasteiger partial charge in [-0.25, -0.2) is 4.39 Å². The highest BCUT2D eigenvalue weighted by molar-refractivity contribution is 5.38. The van der Waals surface area contributed by atoms with E-state index >= 15 is 0 Å². The summed E-state index contributed by atoms with van der Waals surface area (Å²) < 4.78 is 13.0. The smallest absolute Gasteiger partial charge is 0.165 e. The van der Waals surface area contributed by atoms with Crippen molar-refractivity contribution in [2.75, 3.05) is 0 Å². The van der Waals surface area contributed by atoms with Crippen molar-refractivity contribution in [1.82, 2.24) is 0 Å². The molecule has 0 bridgehead atoms. The van der Waals surface area contributed by atoms with Crippen molar-refractivity contribution in [2.24, 2.45) is 0 Å². The molecule has 76 valence electrons. The molecule has 0 saturated heterocycles. The number of hydrogen-bond acceptors (Lipinski definition) is 2. The van der Waals surface area contributed by atoms with Gasteiger partial charge in [0.2, 0.25) is 0 Å². The van der Waals surface area contributed by atoms with E-state index in [0.29, 0.717) is 18.4 Å². The zero-order valence-electron chi connectivity index (χ0n) is 7.83. The van der Waals surface area contributed by atoms with Gasteiger partial charge >= 0.3 is 0 Å². The van der Waals surface area contributed by atoms with Gasteiger partial charge in [0.15, 0.2) is 11.6 Å². The SMILES string of the molecule is Oc1c(F)cccc1C1(O)CCCC1. The first-order valence-corrected chi connectivity index (χ1v) is 4.84. The van der Waals surface area contributed by atoms with E-state index in [0.717, 1.165) is 12.8 Å². The second-order valence-electron chi connectivity index (χ2n) is 3.87. The van der Waals surface area contributed by atoms with Gasteiger partial charge in [-0.1, -0.05) is 25.0 Å². The first kappa shape index (κ1) is 9.46. The Bertz CT molecular complexity index is 343. The van der Waals surface area contributed by atoms with Crippen LogP contribution in [0.4, 0.5) is 4.39 Å². The monoisotopic (exact) mass is 196 g/mol. The molecule has 1 aliphatic rings. The zero-order chi connectivity index (χ0) is 10.2. The largest absolute Gasteiger partial charge is 0.505 e. The molecular weight excluding hydrogens is 183 g/mol. The van der Waals surface area contributed by atoms with Crippen molar-refractivity contribution < 1.29 is 14.6 Å². The first-order chi connectivity index (χ1) is 6.63. The zero-order valence-corrected chi connectivity index (χ0v) is 7.83. The molecule has 1 saturated carbocycles. The molecule has 1 aromatic carbocycles. The summed E-state index contributed by atoms with van der Waals surface area (Å²) in [4.78, 5) is 0. The summed E-state index contributed by atoms with van der Waals surface area (Å²) in [7, 11) is 0. The topological polar surface area (TPSA) is 40.5 Å². The summed E-state index contributed by atoms with van der Waals surface area (Å²) in [6, 6.07) is 4.29. The van der Waals surface area contributed by atoms with Gasteiger partial charge < -0.3 is 10.2 Å². The molecule has 0 atom stereocenters. The molecule has 0 amide bonds. The first-order valence-electron chi connectivity index (χ1n) is 4.84. The summed E-state index contributed by atoms with van der Waals surface area (Å²) in [6.07, 6.45) is 3.05. The molecule has 0 spiro atoms. The van der Waals surface area contributed by atoms with Crippen LogP contribution in [0, 0.1) is 5.82 Å². The van der Waals surface area contributed by atoms with Crippen LogP contribution >= 0.6 is 0 Å². The maximum absolute atomic E-state index is 13.0. The Morgan fingerprint density at radius 3 is 2.50 bits per heavy atom. The number of hydrogen-bond donors (Lipinski definition) is 2. The highest BCUT2D eigenvalue weighted by Gasteiger charge is 2.35. The summed E-state index contributed by atoms with van der Waals surface area (Å²) >= 11 is 0. The van der Waals surface area contributed by atoms with E-state index in [2.05, 4.69) is 0 Å². The van der Waals surface area contributed by atoms with Crippen LogP contribution < -0.4 is 0 Å². The minimum atomic E-state index is -1.02. The van der Waals surface area contributed by atoms with Crippen LogP contribution in [0.1, 0.15) is 31.2 Å². The van der Waals surface area contributed by atoms with Crippen LogP contribution in [0.15, 0.2) is 18.2 Å². The predicted octanol–water partition coefficient (Wildman–Crippen LogP) is 2.29. The van der Waals surface area contributed by atoms with Crippen molar-refractivity contribution in [3.8, 4) is 5.75 Å². The maximum atomic E-state index is 13.0. The third kappa shape index (κ3) is 1.38. The highest BCUT2D eigenvalue weighted by atomic mass is 19.1. The molecular formula is C11H13FO2. The van der Waals surface area contributed by atoms with Gasteiger partial charge in [0.25, 0.3) is 0 Å². The Balaban J connectivity index is 2.45. The molecule has 3 heteroatoms. The van der Waals surface area contributed by atoms with Crippen LogP contribution in [0.25, 0.3) is 0 Å². The maximum Gasteiger partial charge on any atom is 0.165 e. The summed E-state index contributed by atoms with van der Waals surface area (Å²) in [6.45, 7) is 0.